The van der Waals surface area contributed by atoms with Crippen molar-refractivity contribution in [3.05, 3.63) is 72.0 Å². The van der Waals surface area contributed by atoms with Gasteiger partial charge in [-0.1, -0.05) is 24.3 Å². The number of rotatable bonds is 5. The molecule has 134 valence electrons. The number of nitrogens with zero attached hydrogens (tertiary/aromatic N) is 4. The first-order chi connectivity index (χ1) is 13.2. The van der Waals surface area contributed by atoms with Crippen LogP contribution in [0.2, 0.25) is 0 Å². The number of thiophene rings is 1. The van der Waals surface area contributed by atoms with Gasteiger partial charge < -0.3 is 10.1 Å². The summed E-state index contributed by atoms with van der Waals surface area (Å²) in [6, 6.07) is 16.9. The number of para-hydroxylation sites is 1. The van der Waals surface area contributed by atoms with Crippen LogP contribution in [-0.2, 0) is 0 Å². The number of ether oxygens (including phenoxy) is 1. The second-order valence-electron chi connectivity index (χ2n) is 5.53. The Kier molecular flexibility index (Phi) is 4.63. The fourth-order valence-corrected chi connectivity index (χ4v) is 3.18. The van der Waals surface area contributed by atoms with Gasteiger partial charge in [-0.2, -0.15) is 0 Å². The molecule has 0 spiro atoms. The van der Waals surface area contributed by atoms with Gasteiger partial charge in [0.15, 0.2) is 5.82 Å². The number of hydrogen-bond acceptors (Lipinski definition) is 6. The highest BCUT2D eigenvalue weighted by molar-refractivity contribution is 7.13. The molecule has 7 nitrogen and oxygen atoms in total. The number of carbonyl (C=O) groups excluding carboxylic acids is 1. The van der Waals surface area contributed by atoms with E-state index in [0.29, 0.717) is 17.4 Å². The Morgan fingerprint density at radius 2 is 1.96 bits per heavy atom. The lowest BCUT2D eigenvalue weighted by atomic mass is 10.3. The lowest BCUT2D eigenvalue weighted by molar-refractivity contribution is 0.101. The van der Waals surface area contributed by atoms with Crippen LogP contribution >= 0.6 is 11.3 Å². The molecule has 3 aromatic heterocycles. The summed E-state index contributed by atoms with van der Waals surface area (Å²) in [6.07, 6.45) is 1.52. The first-order valence-electron chi connectivity index (χ1n) is 8.12. The van der Waals surface area contributed by atoms with Gasteiger partial charge in [-0.3, -0.25) is 4.79 Å². The SMILES string of the molecule is COc1ccc(NC(=O)c2nc(-c3cccs3)n(-c3ccccc3)n2)cn1. The zero-order chi connectivity index (χ0) is 18.6. The number of pyridine rings is 1. The largest absolute Gasteiger partial charge is 0.481 e. The van der Waals surface area contributed by atoms with E-state index < -0.39 is 5.91 Å². The van der Waals surface area contributed by atoms with Crippen LogP contribution in [0.3, 0.4) is 0 Å². The van der Waals surface area contributed by atoms with Crippen LogP contribution in [0, 0.1) is 0 Å². The van der Waals surface area contributed by atoms with E-state index >= 15 is 0 Å². The number of hydrogen-bond donors (Lipinski definition) is 1. The molecule has 4 aromatic rings. The van der Waals surface area contributed by atoms with Crippen molar-refractivity contribution >= 4 is 22.9 Å². The Bertz CT molecular complexity index is 1040. The third kappa shape index (κ3) is 3.56. The van der Waals surface area contributed by atoms with E-state index in [9.17, 15) is 4.79 Å². The maximum atomic E-state index is 12.6. The average Bonchev–Trinajstić information content (AvgIpc) is 3.39. The van der Waals surface area contributed by atoms with E-state index in [1.807, 2.05) is 47.8 Å². The second-order valence-corrected chi connectivity index (χ2v) is 6.47. The minimum Gasteiger partial charge on any atom is -0.481 e. The summed E-state index contributed by atoms with van der Waals surface area (Å²) >= 11 is 1.54. The van der Waals surface area contributed by atoms with E-state index in [1.165, 1.54) is 24.6 Å². The minimum absolute atomic E-state index is 0.0815. The molecular weight excluding hydrogens is 362 g/mol. The normalized spacial score (nSPS) is 10.6. The maximum Gasteiger partial charge on any atom is 0.295 e. The molecule has 0 aliphatic rings. The van der Waals surface area contributed by atoms with E-state index in [1.54, 1.807) is 16.8 Å². The van der Waals surface area contributed by atoms with Gasteiger partial charge in [0.05, 0.1) is 29.6 Å². The van der Waals surface area contributed by atoms with Crippen molar-refractivity contribution in [1.82, 2.24) is 19.7 Å². The molecule has 0 aliphatic carbocycles. The van der Waals surface area contributed by atoms with E-state index in [2.05, 4.69) is 20.4 Å². The van der Waals surface area contributed by atoms with Crippen molar-refractivity contribution in [3.63, 3.8) is 0 Å². The van der Waals surface area contributed by atoms with Gasteiger partial charge in [-0.05, 0) is 29.6 Å². The summed E-state index contributed by atoms with van der Waals surface area (Å²) in [4.78, 5) is 22.1. The third-order valence-electron chi connectivity index (χ3n) is 3.76. The summed E-state index contributed by atoms with van der Waals surface area (Å²) in [5.41, 5.74) is 1.37. The monoisotopic (exact) mass is 377 g/mol. The van der Waals surface area contributed by atoms with E-state index in [0.717, 1.165) is 10.6 Å². The van der Waals surface area contributed by atoms with Crippen molar-refractivity contribution in [2.24, 2.45) is 0 Å². The fourth-order valence-electron chi connectivity index (χ4n) is 2.48. The van der Waals surface area contributed by atoms with Gasteiger partial charge >= 0.3 is 0 Å². The Balaban J connectivity index is 1.67. The molecule has 0 aliphatic heterocycles. The van der Waals surface area contributed by atoms with Gasteiger partial charge in [0.2, 0.25) is 11.7 Å². The number of aromatic nitrogens is 4. The number of anilines is 1. The smallest absolute Gasteiger partial charge is 0.295 e. The zero-order valence-electron chi connectivity index (χ0n) is 14.4. The van der Waals surface area contributed by atoms with Crippen molar-refractivity contribution in [1.29, 1.82) is 0 Å². The van der Waals surface area contributed by atoms with Crippen LogP contribution < -0.4 is 10.1 Å². The molecule has 0 saturated carbocycles. The van der Waals surface area contributed by atoms with E-state index in [4.69, 9.17) is 4.74 Å². The lowest BCUT2D eigenvalue weighted by Crippen LogP contribution is -2.14. The van der Waals surface area contributed by atoms with Crippen molar-refractivity contribution in [2.45, 2.75) is 0 Å². The Hall–Kier alpha value is -3.52. The predicted octanol–water partition coefficient (Wildman–Crippen LogP) is 3.65. The number of amides is 1. The van der Waals surface area contributed by atoms with E-state index in [-0.39, 0.29) is 5.82 Å². The molecule has 3 heterocycles. The standard InChI is InChI=1S/C19H15N5O2S/c1-26-16-10-9-13(12-20-16)21-19(25)17-22-18(15-8-5-11-27-15)24(23-17)14-6-3-2-4-7-14/h2-12H,1H3,(H,21,25). The topological polar surface area (TPSA) is 81.9 Å². The number of nitrogens with one attached hydrogen (secondary N) is 1. The van der Waals surface area contributed by atoms with Gasteiger partial charge in [0.25, 0.3) is 5.91 Å². The summed E-state index contributed by atoms with van der Waals surface area (Å²) in [7, 11) is 1.53. The molecule has 1 amide bonds. The lowest BCUT2D eigenvalue weighted by Gasteiger charge is -2.04. The molecule has 0 saturated heterocycles. The average molecular weight is 377 g/mol. The molecule has 0 atom stereocenters. The molecule has 4 rings (SSSR count). The molecular formula is C19H15N5O2S. The highest BCUT2D eigenvalue weighted by atomic mass is 32.1. The minimum atomic E-state index is -0.408. The fraction of sp³-hybridized carbons (Fsp3) is 0.0526. The van der Waals surface area contributed by atoms with Crippen LogP contribution in [-0.4, -0.2) is 32.8 Å². The molecule has 0 fully saturated rings. The molecule has 0 unspecified atom stereocenters. The van der Waals surface area contributed by atoms with Gasteiger partial charge in [0, 0.05) is 6.07 Å². The Labute approximate surface area is 159 Å². The van der Waals surface area contributed by atoms with Crippen LogP contribution in [0.25, 0.3) is 16.4 Å². The first kappa shape index (κ1) is 16.9. The predicted molar refractivity (Wildman–Crippen MR) is 103 cm³/mol. The zero-order valence-corrected chi connectivity index (χ0v) is 15.2. The first-order valence-corrected chi connectivity index (χ1v) is 9.00. The third-order valence-corrected chi connectivity index (χ3v) is 4.62. The van der Waals surface area contributed by atoms with Gasteiger partial charge in [0.1, 0.15) is 0 Å². The number of methoxy groups -OCH3 is 1. The van der Waals surface area contributed by atoms with Crippen molar-refractivity contribution in [2.75, 3.05) is 12.4 Å². The van der Waals surface area contributed by atoms with Gasteiger partial charge in [-0.15, -0.1) is 16.4 Å². The molecule has 8 heteroatoms. The van der Waals surface area contributed by atoms with Crippen molar-refractivity contribution < 1.29 is 9.53 Å². The molecule has 27 heavy (non-hydrogen) atoms. The summed E-state index contributed by atoms with van der Waals surface area (Å²) in [5.74, 6) is 0.765. The number of carbonyl (C=O) groups is 1. The Morgan fingerprint density at radius 3 is 2.63 bits per heavy atom. The second kappa shape index (κ2) is 7.38. The van der Waals surface area contributed by atoms with Crippen LogP contribution in [0.1, 0.15) is 10.6 Å². The highest BCUT2D eigenvalue weighted by Gasteiger charge is 2.19. The van der Waals surface area contributed by atoms with Crippen LogP contribution in [0.5, 0.6) is 5.88 Å². The summed E-state index contributed by atoms with van der Waals surface area (Å²) in [5, 5.41) is 9.14. The molecule has 1 aromatic carbocycles. The molecule has 0 radical (unpaired) electrons. The van der Waals surface area contributed by atoms with Crippen LogP contribution in [0.15, 0.2) is 66.2 Å². The maximum absolute atomic E-state index is 12.6. The summed E-state index contributed by atoms with van der Waals surface area (Å²) in [6.45, 7) is 0. The summed E-state index contributed by atoms with van der Waals surface area (Å²) < 4.78 is 6.69. The highest BCUT2D eigenvalue weighted by Crippen LogP contribution is 2.25. The van der Waals surface area contributed by atoms with Crippen LogP contribution in [0.4, 0.5) is 5.69 Å². The number of benzene rings is 1. The Morgan fingerprint density at radius 1 is 1.11 bits per heavy atom. The molecule has 1 N–H and O–H groups in total. The quantitative estimate of drug-likeness (QED) is 0.574. The van der Waals surface area contributed by atoms with Crippen molar-refractivity contribution in [3.8, 4) is 22.3 Å². The van der Waals surface area contributed by atoms with Gasteiger partial charge in [-0.25, -0.2) is 14.6 Å². The molecule has 0 bridgehead atoms.